The first-order chi connectivity index (χ1) is 27.5. The highest BCUT2D eigenvalue weighted by Gasteiger charge is 2.28. The predicted octanol–water partition coefficient (Wildman–Crippen LogP) is 12.3. The second-order valence-electron chi connectivity index (χ2n) is 13.0. The number of nitrogens with zero attached hydrogens (tertiary/aromatic N) is 3. The third kappa shape index (κ3) is 9.92. The third-order valence-corrected chi connectivity index (χ3v) is 13.1. The van der Waals surface area contributed by atoms with Gasteiger partial charge in [0.15, 0.2) is 6.54 Å². The van der Waals surface area contributed by atoms with Crippen LogP contribution in [-0.2, 0) is 25.3 Å². The number of hydrogen-bond acceptors (Lipinski definition) is 12. The van der Waals surface area contributed by atoms with E-state index >= 15 is 0 Å². The van der Waals surface area contributed by atoms with Crippen LogP contribution in [0.5, 0.6) is 0 Å². The smallest absolute Gasteiger partial charge is 0.262 e. The third-order valence-electron chi connectivity index (χ3n) is 9.33. The van der Waals surface area contributed by atoms with Gasteiger partial charge >= 0.3 is 0 Å². The Labute approximate surface area is 348 Å². The largest absolute Gasteiger partial charge is 0.335 e. The molecule has 1 aromatic heterocycles. The number of thioether (sulfide) groups is 1. The summed E-state index contributed by atoms with van der Waals surface area (Å²) in [5.74, 6) is 1.31. The number of thiazole rings is 1. The summed E-state index contributed by atoms with van der Waals surface area (Å²) >= 11 is 12.2. The Hall–Kier alpha value is -3.57. The Morgan fingerprint density at radius 2 is 1.55 bits per heavy atom. The number of hydrogen-bond donors (Lipinski definition) is 2. The number of fused-ring (bicyclic) bond motifs is 2. The molecule has 290 valence electrons. The molecular weight excluding hydrogens is 806 g/mol. The van der Waals surface area contributed by atoms with Crippen LogP contribution in [-0.4, -0.2) is 28.6 Å². The molecule has 14 heteroatoms. The molecule has 0 bridgehead atoms. The van der Waals surface area contributed by atoms with E-state index in [1.807, 2.05) is 12.1 Å². The van der Waals surface area contributed by atoms with Crippen molar-refractivity contribution < 1.29 is 33.8 Å². The zero-order valence-corrected chi connectivity index (χ0v) is 34.6. The number of aromatic nitrogens is 1. The topological polar surface area (TPSA) is 87.7 Å². The average Bonchev–Trinajstić information content (AvgIpc) is 3.89. The quantitative estimate of drug-likeness (QED) is 0.0291. The van der Waals surface area contributed by atoms with E-state index in [1.54, 1.807) is 23.1 Å². The number of rotatable bonds is 18. The normalized spacial score (nSPS) is 15.7. The van der Waals surface area contributed by atoms with Gasteiger partial charge in [-0.25, -0.2) is 10.5 Å². The molecule has 0 unspecified atom stereocenters. The van der Waals surface area contributed by atoms with Gasteiger partial charge in [0.2, 0.25) is 5.52 Å². The van der Waals surface area contributed by atoms with Gasteiger partial charge in [0.1, 0.15) is 4.70 Å². The second kappa shape index (κ2) is 20.2. The van der Waals surface area contributed by atoms with Gasteiger partial charge in [0.05, 0.1) is 16.4 Å². The summed E-state index contributed by atoms with van der Waals surface area (Å²) in [5, 5.41) is 27.7. The van der Waals surface area contributed by atoms with Crippen LogP contribution in [0.3, 0.4) is 0 Å². The number of allylic oxidation sites excluding steroid dienone is 5. The Bertz CT molecular complexity index is 2190. The molecule has 0 saturated heterocycles. The lowest BCUT2D eigenvalue weighted by Crippen LogP contribution is -2.35. The van der Waals surface area contributed by atoms with Crippen LogP contribution in [0.4, 0.5) is 17.1 Å². The van der Waals surface area contributed by atoms with Crippen molar-refractivity contribution >= 4 is 92.1 Å². The van der Waals surface area contributed by atoms with Crippen LogP contribution < -0.4 is 14.4 Å². The first-order valence-electron chi connectivity index (χ1n) is 18.1. The fourth-order valence-electron chi connectivity index (χ4n) is 6.90. The first kappa shape index (κ1) is 40.6. The van der Waals surface area contributed by atoms with Crippen molar-refractivity contribution in [2.75, 3.05) is 27.9 Å². The van der Waals surface area contributed by atoms with Gasteiger partial charge in [0.25, 0.3) is 5.01 Å². The lowest BCUT2D eigenvalue weighted by molar-refractivity contribution is -0.668. The molecule has 56 heavy (non-hydrogen) atoms. The fraction of sp³-hybridized carbons (Fsp3) is 0.214. The molecule has 9 nitrogen and oxygen atoms in total. The predicted molar refractivity (Wildman–Crippen MR) is 232 cm³/mol. The molecule has 0 atom stereocenters. The zero-order chi connectivity index (χ0) is 38.7. The van der Waals surface area contributed by atoms with E-state index < -0.39 is 0 Å². The maximum atomic E-state index is 8.57. The van der Waals surface area contributed by atoms with Gasteiger partial charge in [0, 0.05) is 82.0 Å². The molecule has 2 aliphatic rings. The van der Waals surface area contributed by atoms with Crippen LogP contribution in [0, 0.1) is 6.92 Å². The number of aryl methyl sites for hydroxylation is 2. The number of para-hydroxylation sites is 2. The van der Waals surface area contributed by atoms with Crippen molar-refractivity contribution in [2.45, 2.75) is 44.0 Å². The Balaban J connectivity index is 1.29. The molecule has 2 heterocycles. The molecule has 0 fully saturated rings. The minimum atomic E-state index is 0.642. The molecule has 5 aromatic rings. The molecule has 1 aliphatic heterocycles. The van der Waals surface area contributed by atoms with Crippen LogP contribution >= 0.6 is 58.8 Å². The van der Waals surface area contributed by atoms with E-state index in [0.717, 1.165) is 94.5 Å². The molecule has 4 aromatic carbocycles. The Morgan fingerprint density at radius 1 is 0.839 bits per heavy atom. The van der Waals surface area contributed by atoms with Gasteiger partial charge in [-0.3, -0.25) is 0 Å². The maximum Gasteiger partial charge on any atom is 0.262 e. The van der Waals surface area contributed by atoms with Crippen LogP contribution in [0.15, 0.2) is 142 Å². The van der Waals surface area contributed by atoms with Gasteiger partial charge < -0.3 is 9.80 Å². The second-order valence-corrected chi connectivity index (χ2v) is 17.1. The van der Waals surface area contributed by atoms with Crippen molar-refractivity contribution in [3.8, 4) is 0 Å². The van der Waals surface area contributed by atoms with Crippen LogP contribution in [0.1, 0.15) is 36.3 Å². The summed E-state index contributed by atoms with van der Waals surface area (Å²) in [6.07, 6.45) is 12.5. The van der Waals surface area contributed by atoms with Crippen molar-refractivity contribution in [2.24, 2.45) is 0 Å². The van der Waals surface area contributed by atoms with Crippen molar-refractivity contribution in [1.29, 1.82) is 0 Å². The van der Waals surface area contributed by atoms with Crippen molar-refractivity contribution in [3.05, 3.63) is 153 Å². The van der Waals surface area contributed by atoms with E-state index in [0.29, 0.717) is 16.5 Å². The van der Waals surface area contributed by atoms with Crippen LogP contribution in [0.25, 0.3) is 16.3 Å². The zero-order valence-electron chi connectivity index (χ0n) is 30.6. The summed E-state index contributed by atoms with van der Waals surface area (Å²) in [5.41, 5.74) is 9.34. The number of anilines is 3. The minimum absolute atomic E-state index is 0.642. The number of halogens is 1. The first-order valence-corrected chi connectivity index (χ1v) is 22.0. The maximum absolute atomic E-state index is 8.57. The molecule has 2 N–H and O–H groups in total. The SMILES string of the molecule is Cc1ccc2c(c1)N(CCCSOOO)/C(=C/C=C1\CCC(/C=C/c3sc4ccc(Cl)cc4[n+]3CCCSOOO)=C1N(c1ccccc1)c1ccccc1)S2. The highest BCUT2D eigenvalue weighted by atomic mass is 35.5. The molecule has 7 rings (SSSR count). The number of benzene rings is 4. The standard InChI is InChI=1S/C42H40ClN3O6S4/c1-30-14-20-38-36(28-30)44(24-8-26-53-51-49-47)40(55-38)22-17-31-15-16-32(42(31)46(34-10-4-2-5-11-34)35-12-6-3-7-13-35)18-23-41-45(25-9-27-54-52-50-48)37-29-33(43)19-21-39(37)56-41/h2-7,10-14,17-23,28-29H,8-9,15-16,24-27H2,1H3,(H-,47,48)/p+1. The highest BCUT2D eigenvalue weighted by molar-refractivity contribution is 8.03. The van der Waals surface area contributed by atoms with E-state index in [9.17, 15) is 0 Å². The summed E-state index contributed by atoms with van der Waals surface area (Å²) < 4.78 is 12.7. The highest BCUT2D eigenvalue weighted by Crippen LogP contribution is 2.47. The van der Waals surface area contributed by atoms with E-state index in [-0.39, 0.29) is 0 Å². The molecule has 0 spiro atoms. The van der Waals surface area contributed by atoms with Gasteiger partial charge in [-0.05, 0) is 104 Å². The lowest BCUT2D eigenvalue weighted by atomic mass is 10.1. The van der Waals surface area contributed by atoms with E-state index in [1.165, 1.54) is 33.0 Å². The summed E-state index contributed by atoms with van der Waals surface area (Å²) in [4.78, 5) is 5.99. The van der Waals surface area contributed by atoms with Gasteiger partial charge in [-0.2, -0.15) is 4.57 Å². The minimum Gasteiger partial charge on any atom is -0.335 e. The monoisotopic (exact) mass is 846 g/mol. The van der Waals surface area contributed by atoms with Gasteiger partial charge in [-0.1, -0.05) is 93.3 Å². The molecule has 0 radical (unpaired) electrons. The van der Waals surface area contributed by atoms with Crippen molar-refractivity contribution in [1.82, 2.24) is 0 Å². The van der Waals surface area contributed by atoms with Gasteiger partial charge in [-0.15, -0.1) is 8.67 Å². The van der Waals surface area contributed by atoms with E-state index in [2.05, 4.69) is 149 Å². The molecule has 0 amide bonds. The molecule has 1 aliphatic carbocycles. The Kier molecular flexibility index (Phi) is 14.7. The summed E-state index contributed by atoms with van der Waals surface area (Å²) in [7, 11) is 0. The van der Waals surface area contributed by atoms with Crippen LogP contribution in [0.2, 0.25) is 5.02 Å². The van der Waals surface area contributed by atoms with Crippen molar-refractivity contribution in [3.63, 3.8) is 0 Å². The van der Waals surface area contributed by atoms with E-state index in [4.69, 9.17) is 22.1 Å². The fourth-order valence-corrected chi connectivity index (χ4v) is 9.92. The average molecular weight is 848 g/mol. The molecule has 0 saturated carbocycles. The molecular formula is C42H41ClN3O6S4+. The summed E-state index contributed by atoms with van der Waals surface area (Å²) in [6, 6.07) is 33.8. The lowest BCUT2D eigenvalue weighted by Gasteiger charge is -2.28. The Morgan fingerprint density at radius 3 is 2.27 bits per heavy atom. The summed E-state index contributed by atoms with van der Waals surface area (Å²) in [6.45, 7) is 3.65.